The average molecular weight is 248 g/mol. The first-order valence-corrected chi connectivity index (χ1v) is 6.83. The van der Waals surface area contributed by atoms with Crippen LogP contribution in [0.2, 0.25) is 0 Å². The third-order valence-corrected chi connectivity index (χ3v) is 3.60. The average Bonchev–Trinajstić information content (AvgIpc) is 3.19. The smallest absolute Gasteiger partial charge is 0.0942 e. The highest BCUT2D eigenvalue weighted by atomic mass is 16.3. The Labute approximate surface area is 110 Å². The van der Waals surface area contributed by atoms with Crippen molar-refractivity contribution >= 4 is 5.69 Å². The van der Waals surface area contributed by atoms with Crippen LogP contribution >= 0.6 is 0 Å². The number of nitrogens with zero attached hydrogens (tertiary/aromatic N) is 1. The zero-order valence-corrected chi connectivity index (χ0v) is 11.6. The van der Waals surface area contributed by atoms with E-state index in [1.165, 1.54) is 12.8 Å². The SMILES string of the molecule is CCC(NC1CC1)C(O)c1ccc(N(C)C)cc1. The van der Waals surface area contributed by atoms with Gasteiger partial charge in [-0.25, -0.2) is 0 Å². The second-order valence-corrected chi connectivity index (χ2v) is 5.39. The Morgan fingerprint density at radius 3 is 2.33 bits per heavy atom. The molecule has 1 aliphatic rings. The number of nitrogens with one attached hydrogen (secondary N) is 1. The fraction of sp³-hybridized carbons (Fsp3) is 0.600. The molecule has 0 radical (unpaired) electrons. The highest BCUT2D eigenvalue weighted by molar-refractivity contribution is 5.46. The molecule has 1 fully saturated rings. The van der Waals surface area contributed by atoms with E-state index in [4.69, 9.17) is 0 Å². The molecule has 0 heterocycles. The molecule has 3 nitrogen and oxygen atoms in total. The number of rotatable bonds is 6. The van der Waals surface area contributed by atoms with Gasteiger partial charge in [-0.15, -0.1) is 0 Å². The molecule has 2 rings (SSSR count). The molecule has 2 N–H and O–H groups in total. The van der Waals surface area contributed by atoms with Crippen LogP contribution in [-0.4, -0.2) is 31.3 Å². The van der Waals surface area contributed by atoms with Gasteiger partial charge >= 0.3 is 0 Å². The van der Waals surface area contributed by atoms with Gasteiger partial charge in [-0.2, -0.15) is 0 Å². The monoisotopic (exact) mass is 248 g/mol. The predicted molar refractivity (Wildman–Crippen MR) is 76.0 cm³/mol. The van der Waals surface area contributed by atoms with Gasteiger partial charge in [0.05, 0.1) is 6.10 Å². The quantitative estimate of drug-likeness (QED) is 0.811. The summed E-state index contributed by atoms with van der Waals surface area (Å²) in [6, 6.07) is 8.97. The van der Waals surface area contributed by atoms with Gasteiger partial charge in [0.1, 0.15) is 0 Å². The van der Waals surface area contributed by atoms with Crippen LogP contribution in [0.15, 0.2) is 24.3 Å². The van der Waals surface area contributed by atoms with Crippen LogP contribution in [0.3, 0.4) is 0 Å². The van der Waals surface area contributed by atoms with Crippen LogP contribution in [0.25, 0.3) is 0 Å². The first-order chi connectivity index (χ1) is 8.61. The summed E-state index contributed by atoms with van der Waals surface area (Å²) in [5, 5.41) is 13.9. The summed E-state index contributed by atoms with van der Waals surface area (Å²) in [6.45, 7) is 2.12. The Morgan fingerprint density at radius 2 is 1.89 bits per heavy atom. The van der Waals surface area contributed by atoms with Crippen molar-refractivity contribution in [2.24, 2.45) is 0 Å². The Morgan fingerprint density at radius 1 is 1.28 bits per heavy atom. The van der Waals surface area contributed by atoms with Gasteiger partial charge in [0.2, 0.25) is 0 Å². The van der Waals surface area contributed by atoms with Crippen molar-refractivity contribution in [3.05, 3.63) is 29.8 Å². The summed E-state index contributed by atoms with van der Waals surface area (Å²) < 4.78 is 0. The molecule has 2 atom stereocenters. The van der Waals surface area contributed by atoms with Gasteiger partial charge in [0.25, 0.3) is 0 Å². The van der Waals surface area contributed by atoms with Gasteiger partial charge in [-0.3, -0.25) is 0 Å². The van der Waals surface area contributed by atoms with Crippen LogP contribution in [0, 0.1) is 0 Å². The van der Waals surface area contributed by atoms with E-state index >= 15 is 0 Å². The molecule has 0 saturated heterocycles. The predicted octanol–water partition coefficient (Wildman–Crippen LogP) is 2.32. The highest BCUT2D eigenvalue weighted by Gasteiger charge is 2.27. The second kappa shape index (κ2) is 5.72. The molecule has 0 spiro atoms. The number of hydrogen-bond donors (Lipinski definition) is 2. The molecule has 18 heavy (non-hydrogen) atoms. The van der Waals surface area contributed by atoms with Gasteiger partial charge in [-0.05, 0) is 37.0 Å². The maximum Gasteiger partial charge on any atom is 0.0942 e. The summed E-state index contributed by atoms with van der Waals surface area (Å²) in [4.78, 5) is 2.07. The Balaban J connectivity index is 2.03. The Bertz CT molecular complexity index is 371. The van der Waals surface area contributed by atoms with Crippen molar-refractivity contribution in [2.45, 2.75) is 44.4 Å². The molecule has 0 amide bonds. The van der Waals surface area contributed by atoms with Gasteiger partial charge in [0, 0.05) is 31.9 Å². The van der Waals surface area contributed by atoms with Crippen molar-refractivity contribution in [1.82, 2.24) is 5.32 Å². The van der Waals surface area contributed by atoms with E-state index in [1.807, 2.05) is 26.2 Å². The molecule has 1 aromatic rings. The number of aliphatic hydroxyl groups excluding tert-OH is 1. The van der Waals surface area contributed by atoms with E-state index in [0.29, 0.717) is 6.04 Å². The van der Waals surface area contributed by atoms with E-state index in [2.05, 4.69) is 29.3 Å². The van der Waals surface area contributed by atoms with Crippen molar-refractivity contribution in [3.8, 4) is 0 Å². The molecule has 3 heteroatoms. The number of hydrogen-bond acceptors (Lipinski definition) is 3. The Hall–Kier alpha value is -1.06. The van der Waals surface area contributed by atoms with Crippen LogP contribution < -0.4 is 10.2 Å². The molecule has 0 aliphatic heterocycles. The fourth-order valence-electron chi connectivity index (χ4n) is 2.19. The van der Waals surface area contributed by atoms with Crippen LogP contribution in [0.1, 0.15) is 37.9 Å². The normalized spacial score (nSPS) is 18.4. The standard InChI is InChI=1S/C15H24N2O/c1-4-14(16-12-7-8-12)15(18)11-5-9-13(10-6-11)17(2)3/h5-6,9-10,12,14-16,18H,4,7-8H2,1-3H3. The molecule has 100 valence electrons. The lowest BCUT2D eigenvalue weighted by molar-refractivity contribution is 0.125. The number of benzene rings is 1. The Kier molecular flexibility index (Phi) is 4.25. The summed E-state index contributed by atoms with van der Waals surface area (Å²) in [5.74, 6) is 0. The second-order valence-electron chi connectivity index (χ2n) is 5.39. The first-order valence-electron chi connectivity index (χ1n) is 6.83. The van der Waals surface area contributed by atoms with Gasteiger partial charge in [-0.1, -0.05) is 19.1 Å². The third kappa shape index (κ3) is 3.24. The zero-order valence-electron chi connectivity index (χ0n) is 11.6. The molecule has 1 saturated carbocycles. The molecule has 2 unspecified atom stereocenters. The summed E-state index contributed by atoms with van der Waals surface area (Å²) in [7, 11) is 4.05. The number of aliphatic hydroxyl groups is 1. The lowest BCUT2D eigenvalue weighted by atomic mass is 10.00. The maximum absolute atomic E-state index is 10.4. The van der Waals surface area contributed by atoms with E-state index in [1.54, 1.807) is 0 Å². The zero-order chi connectivity index (χ0) is 13.1. The van der Waals surface area contributed by atoms with Crippen molar-refractivity contribution in [1.29, 1.82) is 0 Å². The molecular formula is C15H24N2O. The number of anilines is 1. The lowest BCUT2D eigenvalue weighted by Gasteiger charge is -2.24. The highest BCUT2D eigenvalue weighted by Crippen LogP contribution is 2.26. The van der Waals surface area contributed by atoms with Crippen molar-refractivity contribution < 1.29 is 5.11 Å². The van der Waals surface area contributed by atoms with Gasteiger partial charge in [0.15, 0.2) is 0 Å². The topological polar surface area (TPSA) is 35.5 Å². The molecular weight excluding hydrogens is 224 g/mol. The first kappa shape index (κ1) is 13.4. The maximum atomic E-state index is 10.4. The largest absolute Gasteiger partial charge is 0.387 e. The van der Waals surface area contributed by atoms with E-state index < -0.39 is 6.10 Å². The van der Waals surface area contributed by atoms with E-state index in [0.717, 1.165) is 17.7 Å². The minimum Gasteiger partial charge on any atom is -0.387 e. The van der Waals surface area contributed by atoms with Crippen LogP contribution in [0.4, 0.5) is 5.69 Å². The lowest BCUT2D eigenvalue weighted by Crippen LogP contribution is -2.35. The third-order valence-electron chi connectivity index (χ3n) is 3.60. The summed E-state index contributed by atoms with van der Waals surface area (Å²) in [6.07, 6.45) is 3.05. The van der Waals surface area contributed by atoms with Crippen LogP contribution in [0.5, 0.6) is 0 Å². The summed E-state index contributed by atoms with van der Waals surface area (Å²) >= 11 is 0. The fourth-order valence-corrected chi connectivity index (χ4v) is 2.19. The van der Waals surface area contributed by atoms with E-state index in [9.17, 15) is 5.11 Å². The van der Waals surface area contributed by atoms with Crippen molar-refractivity contribution in [2.75, 3.05) is 19.0 Å². The molecule has 1 aromatic carbocycles. The summed E-state index contributed by atoms with van der Waals surface area (Å²) in [5.41, 5.74) is 2.16. The minimum atomic E-state index is -0.410. The molecule has 1 aliphatic carbocycles. The van der Waals surface area contributed by atoms with Crippen molar-refractivity contribution in [3.63, 3.8) is 0 Å². The molecule has 0 aromatic heterocycles. The van der Waals surface area contributed by atoms with Crippen LogP contribution in [-0.2, 0) is 0 Å². The van der Waals surface area contributed by atoms with Gasteiger partial charge < -0.3 is 15.3 Å². The molecule has 0 bridgehead atoms. The van der Waals surface area contributed by atoms with E-state index in [-0.39, 0.29) is 6.04 Å². The minimum absolute atomic E-state index is 0.169.